The predicted octanol–water partition coefficient (Wildman–Crippen LogP) is 6.69. The third-order valence-corrected chi connectivity index (χ3v) is 14.1. The summed E-state index contributed by atoms with van der Waals surface area (Å²) in [7, 11) is -7.82. The number of hydrogen-bond donors (Lipinski definition) is 3. The second-order valence-corrected chi connectivity index (χ2v) is 18.4. The van der Waals surface area contributed by atoms with Crippen LogP contribution >= 0.6 is 23.2 Å². The Kier molecular flexibility index (Phi) is 9.66. The van der Waals surface area contributed by atoms with Gasteiger partial charge in [0.05, 0.1) is 59.6 Å². The first kappa shape index (κ1) is 39.6. The average Bonchev–Trinajstić information content (AvgIpc) is 3.85. The van der Waals surface area contributed by atoms with Gasteiger partial charge in [-0.25, -0.2) is 0 Å². The molecule has 4 heterocycles. The van der Waals surface area contributed by atoms with Crippen LogP contribution in [0, 0.1) is 13.8 Å². The number of benzene rings is 5. The number of ether oxygens (including phenoxy) is 2. The number of halogens is 2. The van der Waals surface area contributed by atoms with Crippen molar-refractivity contribution in [1.29, 1.82) is 0 Å². The smallest absolute Gasteiger partial charge is 0.297 e. The molecule has 0 bridgehead atoms. The standard InChI is InChI=1S/C41H33Cl2N3O11S2/c1-19-10-14-21(15-11-19)58(50,51)55-18-27-37(54-3)36(47)38(57-59(52,53)22-16-12-20(2)13-17-22)41(56-27)46-34-24(7-5-9-26(34)43)29-31-30(39(48)45-40(31)49)28-23-6-4-8-25(42)32(23)44-33(28)35(29)46/h4-17,27,36-38,41,44,47H,18H2,1-3H3,(H,45,48,49)/t27-,36+,37-,38-,41-/m1/s1. The van der Waals surface area contributed by atoms with Crippen LogP contribution in [0.5, 0.6) is 0 Å². The summed E-state index contributed by atoms with van der Waals surface area (Å²) in [5.41, 5.74) is 2.84. The van der Waals surface area contributed by atoms with E-state index in [4.69, 9.17) is 41.0 Å². The third kappa shape index (κ3) is 6.33. The fourth-order valence-electron chi connectivity index (χ4n) is 8.11. The lowest BCUT2D eigenvalue weighted by atomic mass is 9.96. The zero-order chi connectivity index (χ0) is 41.7. The van der Waals surface area contributed by atoms with Gasteiger partial charge in [-0.1, -0.05) is 82.9 Å². The molecule has 0 unspecified atom stereocenters. The molecule has 9 rings (SSSR count). The van der Waals surface area contributed by atoms with Gasteiger partial charge in [0.25, 0.3) is 32.1 Å². The highest BCUT2D eigenvalue weighted by Crippen LogP contribution is 2.49. The monoisotopic (exact) mass is 877 g/mol. The van der Waals surface area contributed by atoms with E-state index >= 15 is 0 Å². The number of carbonyl (C=O) groups is 2. The summed E-state index contributed by atoms with van der Waals surface area (Å²) in [5.74, 6) is -1.34. The summed E-state index contributed by atoms with van der Waals surface area (Å²) >= 11 is 13.7. The summed E-state index contributed by atoms with van der Waals surface area (Å²) in [6.45, 7) is 2.88. The maximum Gasteiger partial charge on any atom is 0.297 e. The van der Waals surface area contributed by atoms with Crippen molar-refractivity contribution in [3.63, 3.8) is 0 Å². The van der Waals surface area contributed by atoms with E-state index in [0.717, 1.165) is 11.1 Å². The fourth-order valence-corrected chi connectivity index (χ4v) is 10.6. The van der Waals surface area contributed by atoms with Crippen LogP contribution in [0.1, 0.15) is 38.1 Å². The predicted molar refractivity (Wildman–Crippen MR) is 219 cm³/mol. The number of methoxy groups -OCH3 is 1. The van der Waals surface area contributed by atoms with Crippen LogP contribution in [0.2, 0.25) is 10.0 Å². The first-order valence-corrected chi connectivity index (χ1v) is 21.7. The highest BCUT2D eigenvalue weighted by atomic mass is 35.5. The summed E-state index contributed by atoms with van der Waals surface area (Å²) in [5, 5.41) is 16.5. The molecule has 2 amide bonds. The molecule has 1 saturated heterocycles. The summed E-state index contributed by atoms with van der Waals surface area (Å²) < 4.78 is 80.4. The minimum absolute atomic E-state index is 0.0179. The van der Waals surface area contributed by atoms with E-state index in [2.05, 4.69) is 10.3 Å². The van der Waals surface area contributed by atoms with Gasteiger partial charge in [-0.15, -0.1) is 0 Å². The molecule has 2 aliphatic heterocycles. The molecule has 59 heavy (non-hydrogen) atoms. The van der Waals surface area contributed by atoms with Crippen molar-refractivity contribution in [1.82, 2.24) is 14.9 Å². The van der Waals surface area contributed by atoms with Gasteiger partial charge in [0.1, 0.15) is 18.3 Å². The molecule has 1 fully saturated rings. The third-order valence-electron chi connectivity index (χ3n) is 10.8. The number of fused-ring (bicyclic) bond motifs is 10. The van der Waals surface area contributed by atoms with Gasteiger partial charge in [0.2, 0.25) is 0 Å². The lowest BCUT2D eigenvalue weighted by Gasteiger charge is -2.44. The van der Waals surface area contributed by atoms with E-state index in [1.807, 2.05) is 0 Å². The SMILES string of the molecule is CO[C@H]1[C@H](O)[C@@H](OS(=O)(=O)c2ccc(C)cc2)[C@H](n2c3c(Cl)cccc3c3c4c(c5c6cccc(Cl)c6[nH]c5c32)C(=O)NC4=O)O[C@@H]1COS(=O)(=O)c1ccc(C)cc1. The van der Waals surface area contributed by atoms with Gasteiger partial charge >= 0.3 is 0 Å². The van der Waals surface area contributed by atoms with Gasteiger partial charge in [-0.2, -0.15) is 16.8 Å². The Morgan fingerprint density at radius 1 is 0.729 bits per heavy atom. The molecule has 5 aromatic carbocycles. The minimum atomic E-state index is -4.67. The Bertz CT molecular complexity index is 3130. The highest BCUT2D eigenvalue weighted by molar-refractivity contribution is 7.87. The van der Waals surface area contributed by atoms with E-state index in [1.165, 1.54) is 35.9 Å². The number of aryl methyl sites for hydroxylation is 2. The number of para-hydroxylation sites is 2. The van der Waals surface area contributed by atoms with Crippen molar-refractivity contribution >= 4 is 98.9 Å². The van der Waals surface area contributed by atoms with E-state index < -0.39 is 69.3 Å². The summed E-state index contributed by atoms with van der Waals surface area (Å²) in [6.07, 6.45) is -8.14. The summed E-state index contributed by atoms with van der Waals surface area (Å²) in [6, 6.07) is 21.8. The molecular formula is C41H33Cl2N3O11S2. The zero-order valence-electron chi connectivity index (χ0n) is 31.2. The topological polar surface area (TPSA) is 192 Å². The van der Waals surface area contributed by atoms with Gasteiger partial charge in [-0.05, 0) is 50.2 Å². The van der Waals surface area contributed by atoms with E-state index in [1.54, 1.807) is 74.5 Å². The van der Waals surface area contributed by atoms with Crippen molar-refractivity contribution in [2.45, 2.75) is 54.3 Å². The van der Waals surface area contributed by atoms with Gasteiger partial charge in [0, 0.05) is 28.7 Å². The number of aliphatic hydroxyl groups excluding tert-OH is 1. The fraction of sp³-hybridized carbons (Fsp3) is 0.220. The molecule has 0 radical (unpaired) electrons. The largest absolute Gasteiger partial charge is 0.387 e. The Morgan fingerprint density at radius 3 is 1.93 bits per heavy atom. The molecule has 2 aliphatic rings. The number of nitrogens with one attached hydrogen (secondary N) is 2. The quantitative estimate of drug-likeness (QED) is 0.103. The molecule has 2 aromatic heterocycles. The number of hydrogen-bond acceptors (Lipinski definition) is 11. The van der Waals surface area contributed by atoms with E-state index in [9.17, 15) is 31.5 Å². The lowest BCUT2D eigenvalue weighted by molar-refractivity contribution is -0.246. The average molecular weight is 879 g/mol. The van der Waals surface area contributed by atoms with Crippen molar-refractivity contribution in [2.24, 2.45) is 0 Å². The van der Waals surface area contributed by atoms with Crippen LogP contribution in [0.25, 0.3) is 43.6 Å². The maximum atomic E-state index is 14.1. The Balaban J connectivity index is 1.32. The molecule has 3 N–H and O–H groups in total. The van der Waals surface area contributed by atoms with Crippen molar-refractivity contribution in [2.75, 3.05) is 13.7 Å². The number of imide groups is 1. The first-order valence-electron chi connectivity index (χ1n) is 18.2. The number of H-pyrrole nitrogens is 1. The number of aliphatic hydroxyl groups is 1. The lowest BCUT2D eigenvalue weighted by Crippen LogP contribution is -2.58. The number of rotatable bonds is 9. The molecule has 304 valence electrons. The second-order valence-electron chi connectivity index (χ2n) is 14.4. The highest BCUT2D eigenvalue weighted by Gasteiger charge is 2.51. The van der Waals surface area contributed by atoms with Gasteiger partial charge in [-0.3, -0.25) is 23.3 Å². The molecule has 0 aliphatic carbocycles. The van der Waals surface area contributed by atoms with Crippen LogP contribution in [-0.4, -0.2) is 81.4 Å². The number of nitrogens with zero attached hydrogens (tertiary/aromatic N) is 1. The molecule has 0 spiro atoms. The molecule has 5 atom stereocenters. The normalized spacial score (nSPS) is 21.2. The van der Waals surface area contributed by atoms with Crippen molar-refractivity contribution in [3.05, 3.63) is 117 Å². The van der Waals surface area contributed by atoms with Gasteiger partial charge in [0.15, 0.2) is 12.3 Å². The van der Waals surface area contributed by atoms with E-state index in [0.29, 0.717) is 32.2 Å². The maximum absolute atomic E-state index is 14.1. The summed E-state index contributed by atoms with van der Waals surface area (Å²) in [4.78, 5) is 30.4. The molecule has 14 nitrogen and oxygen atoms in total. The second kappa shape index (κ2) is 14.4. The van der Waals surface area contributed by atoms with Gasteiger partial charge < -0.3 is 24.1 Å². The molecule has 0 saturated carbocycles. The first-order chi connectivity index (χ1) is 28.1. The van der Waals surface area contributed by atoms with Crippen LogP contribution in [0.4, 0.5) is 0 Å². The Labute approximate surface area is 346 Å². The van der Waals surface area contributed by atoms with Crippen LogP contribution in [0.3, 0.4) is 0 Å². The Hall–Kier alpha value is -4.88. The van der Waals surface area contributed by atoms with Crippen LogP contribution < -0.4 is 5.32 Å². The number of carbonyl (C=O) groups excluding carboxylic acids is 2. The zero-order valence-corrected chi connectivity index (χ0v) is 34.4. The number of aromatic nitrogens is 2. The van der Waals surface area contributed by atoms with Crippen LogP contribution in [-0.2, 0) is 38.1 Å². The van der Waals surface area contributed by atoms with Crippen molar-refractivity contribution < 1.29 is 49.4 Å². The van der Waals surface area contributed by atoms with Crippen molar-refractivity contribution in [3.8, 4) is 0 Å². The molecular weight excluding hydrogens is 846 g/mol. The van der Waals surface area contributed by atoms with Crippen LogP contribution in [0.15, 0.2) is 94.7 Å². The number of amides is 2. The Morgan fingerprint density at radius 2 is 1.31 bits per heavy atom. The number of aromatic amines is 1. The molecule has 18 heteroatoms. The van der Waals surface area contributed by atoms with E-state index in [-0.39, 0.29) is 42.4 Å². The minimum Gasteiger partial charge on any atom is -0.387 e. The molecule has 7 aromatic rings.